The standard InChI is InChI=1S/C17H21NO3/c1-16(19,9-12-3-5-13(20-2)6-4-12)17(11-18)10-14-7-8-15(17)21-14/h3-6,14-15,19H,7-10H2,1-2H3. The largest absolute Gasteiger partial charge is 0.497 e. The van der Waals surface area contributed by atoms with E-state index in [1.807, 2.05) is 24.3 Å². The van der Waals surface area contributed by atoms with Gasteiger partial charge in [-0.15, -0.1) is 0 Å². The van der Waals surface area contributed by atoms with Crippen LogP contribution in [-0.4, -0.2) is 30.0 Å². The Labute approximate surface area is 125 Å². The number of nitrogens with zero attached hydrogens (tertiary/aromatic N) is 1. The van der Waals surface area contributed by atoms with E-state index in [4.69, 9.17) is 9.47 Å². The van der Waals surface area contributed by atoms with E-state index in [9.17, 15) is 10.4 Å². The maximum Gasteiger partial charge on any atom is 0.118 e. The van der Waals surface area contributed by atoms with E-state index >= 15 is 0 Å². The van der Waals surface area contributed by atoms with Crippen LogP contribution in [0, 0.1) is 16.7 Å². The van der Waals surface area contributed by atoms with Gasteiger partial charge in [0.1, 0.15) is 11.2 Å². The van der Waals surface area contributed by atoms with Crippen molar-refractivity contribution in [1.82, 2.24) is 0 Å². The fraction of sp³-hybridized carbons (Fsp3) is 0.588. The minimum atomic E-state index is -1.10. The lowest BCUT2D eigenvalue weighted by Gasteiger charge is -2.41. The highest BCUT2D eigenvalue weighted by Crippen LogP contribution is 2.54. The highest BCUT2D eigenvalue weighted by Gasteiger charge is 2.61. The maximum absolute atomic E-state index is 11.0. The second-order valence-electron chi connectivity index (χ2n) is 6.41. The molecule has 0 amide bonds. The Kier molecular flexibility index (Phi) is 3.43. The van der Waals surface area contributed by atoms with Gasteiger partial charge in [0.25, 0.3) is 0 Å². The molecule has 0 saturated carbocycles. The molecular weight excluding hydrogens is 266 g/mol. The van der Waals surface area contributed by atoms with Crippen molar-refractivity contribution in [1.29, 1.82) is 5.26 Å². The molecule has 2 aliphatic heterocycles. The maximum atomic E-state index is 11.0. The Balaban J connectivity index is 1.84. The molecule has 2 aliphatic rings. The molecule has 2 saturated heterocycles. The van der Waals surface area contributed by atoms with Crippen molar-refractivity contribution in [3.63, 3.8) is 0 Å². The number of benzene rings is 1. The Bertz CT molecular complexity index is 560. The zero-order chi connectivity index (χ0) is 15.1. The third-order valence-electron chi connectivity index (χ3n) is 5.07. The van der Waals surface area contributed by atoms with Crippen LogP contribution in [0.4, 0.5) is 0 Å². The van der Waals surface area contributed by atoms with Crippen molar-refractivity contribution in [3.05, 3.63) is 29.8 Å². The number of aliphatic hydroxyl groups is 1. The number of nitriles is 1. The van der Waals surface area contributed by atoms with Crippen molar-refractivity contribution < 1.29 is 14.6 Å². The first-order valence-corrected chi connectivity index (χ1v) is 7.43. The molecule has 1 N–H and O–H groups in total. The van der Waals surface area contributed by atoms with Gasteiger partial charge in [0.05, 0.1) is 31.0 Å². The Morgan fingerprint density at radius 2 is 2.14 bits per heavy atom. The van der Waals surface area contributed by atoms with Crippen LogP contribution in [-0.2, 0) is 11.2 Å². The van der Waals surface area contributed by atoms with Gasteiger partial charge < -0.3 is 14.6 Å². The van der Waals surface area contributed by atoms with Crippen LogP contribution in [0.15, 0.2) is 24.3 Å². The Morgan fingerprint density at radius 3 is 2.62 bits per heavy atom. The topological polar surface area (TPSA) is 62.5 Å². The average Bonchev–Trinajstić information content (AvgIpc) is 3.08. The van der Waals surface area contributed by atoms with Gasteiger partial charge in [-0.05, 0) is 43.9 Å². The van der Waals surface area contributed by atoms with Crippen molar-refractivity contribution >= 4 is 0 Å². The third kappa shape index (κ3) is 2.21. The number of rotatable bonds is 4. The second kappa shape index (κ2) is 5.01. The quantitative estimate of drug-likeness (QED) is 0.924. The van der Waals surface area contributed by atoms with Gasteiger partial charge in [-0.1, -0.05) is 12.1 Å². The lowest BCUT2D eigenvalue weighted by molar-refractivity contribution is -0.0711. The fourth-order valence-electron chi connectivity index (χ4n) is 3.81. The predicted molar refractivity (Wildman–Crippen MR) is 77.9 cm³/mol. The molecule has 4 nitrogen and oxygen atoms in total. The monoisotopic (exact) mass is 287 g/mol. The first kappa shape index (κ1) is 14.4. The molecule has 4 unspecified atom stereocenters. The first-order chi connectivity index (χ1) is 10.0. The lowest BCUT2D eigenvalue weighted by Crippen LogP contribution is -2.52. The minimum absolute atomic E-state index is 0.136. The van der Waals surface area contributed by atoms with Crippen LogP contribution in [0.1, 0.15) is 31.7 Å². The van der Waals surface area contributed by atoms with E-state index in [1.165, 1.54) is 0 Å². The van der Waals surface area contributed by atoms with Crippen LogP contribution in [0.3, 0.4) is 0 Å². The van der Waals surface area contributed by atoms with Crippen molar-refractivity contribution in [2.45, 2.75) is 50.4 Å². The summed E-state index contributed by atoms with van der Waals surface area (Å²) in [6.45, 7) is 1.77. The van der Waals surface area contributed by atoms with Crippen molar-refractivity contribution in [2.75, 3.05) is 7.11 Å². The number of methoxy groups -OCH3 is 1. The summed E-state index contributed by atoms with van der Waals surface area (Å²) in [5.41, 5.74) is -0.898. The van der Waals surface area contributed by atoms with E-state index in [2.05, 4.69) is 6.07 Å². The highest BCUT2D eigenvalue weighted by atomic mass is 16.5. The van der Waals surface area contributed by atoms with Gasteiger partial charge in [0, 0.05) is 6.42 Å². The van der Waals surface area contributed by atoms with Gasteiger partial charge in [0.15, 0.2) is 0 Å². The molecule has 2 bridgehead atoms. The van der Waals surface area contributed by atoms with Crippen molar-refractivity contribution in [3.8, 4) is 11.8 Å². The summed E-state index contributed by atoms with van der Waals surface area (Å²) >= 11 is 0. The van der Waals surface area contributed by atoms with E-state index in [0.717, 1.165) is 24.2 Å². The summed E-state index contributed by atoms with van der Waals surface area (Å²) in [5.74, 6) is 0.789. The SMILES string of the molecule is COc1ccc(CC(C)(O)C2(C#N)CC3CCC2O3)cc1. The van der Waals surface area contributed by atoms with Crippen LogP contribution in [0.5, 0.6) is 5.75 Å². The zero-order valence-electron chi connectivity index (χ0n) is 12.5. The van der Waals surface area contributed by atoms with Crippen molar-refractivity contribution in [2.24, 2.45) is 5.41 Å². The highest BCUT2D eigenvalue weighted by molar-refractivity contribution is 5.30. The molecular formula is C17H21NO3. The van der Waals surface area contributed by atoms with Crippen LogP contribution in [0.25, 0.3) is 0 Å². The molecule has 4 atom stereocenters. The molecule has 2 heterocycles. The van der Waals surface area contributed by atoms with E-state index < -0.39 is 11.0 Å². The summed E-state index contributed by atoms with van der Waals surface area (Å²) < 4.78 is 11.0. The smallest absolute Gasteiger partial charge is 0.118 e. The number of ether oxygens (including phenoxy) is 2. The summed E-state index contributed by atoms with van der Waals surface area (Å²) in [4.78, 5) is 0. The van der Waals surface area contributed by atoms with Crippen LogP contribution >= 0.6 is 0 Å². The molecule has 0 aliphatic carbocycles. The molecule has 1 aromatic rings. The summed E-state index contributed by atoms with van der Waals surface area (Å²) in [5, 5.41) is 20.8. The summed E-state index contributed by atoms with van der Waals surface area (Å²) in [6, 6.07) is 10.0. The van der Waals surface area contributed by atoms with Gasteiger partial charge in [-0.25, -0.2) is 0 Å². The zero-order valence-corrected chi connectivity index (χ0v) is 12.5. The minimum Gasteiger partial charge on any atom is -0.497 e. The molecule has 2 fully saturated rings. The number of hydrogen-bond donors (Lipinski definition) is 1. The third-order valence-corrected chi connectivity index (χ3v) is 5.07. The Hall–Kier alpha value is -1.57. The normalized spacial score (nSPS) is 33.4. The molecule has 4 heteroatoms. The van der Waals surface area contributed by atoms with Gasteiger partial charge in [-0.3, -0.25) is 0 Å². The van der Waals surface area contributed by atoms with E-state index in [1.54, 1.807) is 14.0 Å². The second-order valence-corrected chi connectivity index (χ2v) is 6.41. The molecule has 21 heavy (non-hydrogen) atoms. The van der Waals surface area contributed by atoms with Gasteiger partial charge >= 0.3 is 0 Å². The fourth-order valence-corrected chi connectivity index (χ4v) is 3.81. The summed E-state index contributed by atoms with van der Waals surface area (Å²) in [7, 11) is 1.63. The molecule has 3 rings (SSSR count). The predicted octanol–water partition coefficient (Wildman–Crippen LogP) is 2.45. The molecule has 0 aromatic heterocycles. The molecule has 112 valence electrons. The van der Waals surface area contributed by atoms with Gasteiger partial charge in [0.2, 0.25) is 0 Å². The van der Waals surface area contributed by atoms with Crippen LogP contribution < -0.4 is 4.74 Å². The summed E-state index contributed by atoms with van der Waals surface area (Å²) in [6.07, 6.45) is 2.95. The van der Waals surface area contributed by atoms with Crippen LogP contribution in [0.2, 0.25) is 0 Å². The molecule has 0 radical (unpaired) electrons. The Morgan fingerprint density at radius 1 is 1.43 bits per heavy atom. The van der Waals surface area contributed by atoms with Gasteiger partial charge in [-0.2, -0.15) is 5.26 Å². The molecule has 0 spiro atoms. The van der Waals surface area contributed by atoms with E-state index in [-0.39, 0.29) is 12.2 Å². The number of hydrogen-bond acceptors (Lipinski definition) is 4. The number of fused-ring (bicyclic) bond motifs is 2. The lowest BCUT2D eigenvalue weighted by atomic mass is 9.63. The molecule has 1 aromatic carbocycles. The first-order valence-electron chi connectivity index (χ1n) is 7.43. The average molecular weight is 287 g/mol. The van der Waals surface area contributed by atoms with E-state index in [0.29, 0.717) is 12.8 Å².